The number of amides is 1. The maximum absolute atomic E-state index is 11.9. The number of thioether (sulfide) groups is 1. The van der Waals surface area contributed by atoms with Gasteiger partial charge in [0.15, 0.2) is 0 Å². The number of nitrogens with zero attached hydrogens (tertiary/aromatic N) is 1. The van der Waals surface area contributed by atoms with E-state index in [2.05, 4.69) is 22.5 Å². The third-order valence-corrected chi connectivity index (χ3v) is 4.92. The quantitative estimate of drug-likeness (QED) is 0.772. The molecule has 0 aromatic carbocycles. The minimum absolute atomic E-state index is 0.195. The summed E-state index contributed by atoms with van der Waals surface area (Å²) in [5.41, 5.74) is 0. The molecule has 2 fully saturated rings. The molecular formula is C13H25N3OS. The zero-order valence-corrected chi connectivity index (χ0v) is 12.1. The lowest BCUT2D eigenvalue weighted by Crippen LogP contribution is -2.44. The molecule has 2 N–H and O–H groups in total. The molecule has 0 aromatic heterocycles. The molecule has 0 aromatic rings. The van der Waals surface area contributed by atoms with Gasteiger partial charge in [0.05, 0.1) is 0 Å². The molecule has 0 saturated carbocycles. The number of nitrogens with one attached hydrogen (secondary N) is 2. The highest BCUT2D eigenvalue weighted by Crippen LogP contribution is 2.12. The summed E-state index contributed by atoms with van der Waals surface area (Å²) in [7, 11) is 0. The predicted octanol–water partition coefficient (Wildman–Crippen LogP) is 0.682. The lowest BCUT2D eigenvalue weighted by molar-refractivity contribution is -0.121. The minimum atomic E-state index is 0.195. The molecule has 0 spiro atoms. The second kappa shape index (κ2) is 7.36. The van der Waals surface area contributed by atoms with Gasteiger partial charge >= 0.3 is 0 Å². The summed E-state index contributed by atoms with van der Waals surface area (Å²) in [6.07, 6.45) is 3.24. The molecular weight excluding hydrogens is 246 g/mol. The Labute approximate surface area is 114 Å². The molecule has 1 amide bonds. The Hall–Kier alpha value is -0.260. The van der Waals surface area contributed by atoms with Crippen molar-refractivity contribution < 1.29 is 4.79 Å². The van der Waals surface area contributed by atoms with Crippen LogP contribution in [0.25, 0.3) is 0 Å². The van der Waals surface area contributed by atoms with Gasteiger partial charge in [-0.05, 0) is 32.9 Å². The van der Waals surface area contributed by atoms with Crippen molar-refractivity contribution in [3.8, 4) is 0 Å². The Bertz CT molecular complexity index is 263. The molecule has 2 unspecified atom stereocenters. The number of hydrogen-bond acceptors (Lipinski definition) is 4. The lowest BCUT2D eigenvalue weighted by Gasteiger charge is -2.25. The number of carbonyl (C=O) groups excluding carboxylic acids is 1. The lowest BCUT2D eigenvalue weighted by atomic mass is 10.2. The van der Waals surface area contributed by atoms with Crippen LogP contribution in [-0.4, -0.2) is 60.6 Å². The normalized spacial score (nSPS) is 27.1. The Morgan fingerprint density at radius 1 is 1.50 bits per heavy atom. The first kappa shape index (κ1) is 14.2. The van der Waals surface area contributed by atoms with Gasteiger partial charge in [-0.2, -0.15) is 11.8 Å². The van der Waals surface area contributed by atoms with E-state index in [1.165, 1.54) is 31.7 Å². The van der Waals surface area contributed by atoms with Crippen LogP contribution in [0.5, 0.6) is 0 Å². The van der Waals surface area contributed by atoms with Gasteiger partial charge in [0.25, 0.3) is 0 Å². The molecule has 5 heteroatoms. The van der Waals surface area contributed by atoms with Crippen molar-refractivity contribution in [1.82, 2.24) is 15.5 Å². The average Bonchev–Trinajstić information content (AvgIpc) is 2.91. The van der Waals surface area contributed by atoms with Crippen LogP contribution in [0.4, 0.5) is 0 Å². The molecule has 2 atom stereocenters. The zero-order valence-electron chi connectivity index (χ0n) is 11.3. The van der Waals surface area contributed by atoms with E-state index in [4.69, 9.17) is 0 Å². The van der Waals surface area contributed by atoms with Crippen LogP contribution in [0.3, 0.4) is 0 Å². The monoisotopic (exact) mass is 271 g/mol. The van der Waals surface area contributed by atoms with E-state index in [-0.39, 0.29) is 5.91 Å². The topological polar surface area (TPSA) is 44.4 Å². The van der Waals surface area contributed by atoms with E-state index in [0.717, 1.165) is 18.8 Å². The van der Waals surface area contributed by atoms with Crippen LogP contribution in [0.1, 0.15) is 26.2 Å². The smallest absolute Gasteiger partial charge is 0.221 e. The second-order valence-corrected chi connectivity index (χ2v) is 6.48. The summed E-state index contributed by atoms with van der Waals surface area (Å²) in [6.45, 7) is 6.42. The fraction of sp³-hybridized carbons (Fsp3) is 0.923. The van der Waals surface area contributed by atoms with Gasteiger partial charge in [-0.3, -0.25) is 9.69 Å². The van der Waals surface area contributed by atoms with E-state index >= 15 is 0 Å². The van der Waals surface area contributed by atoms with Crippen molar-refractivity contribution in [2.45, 2.75) is 38.3 Å². The molecule has 0 bridgehead atoms. The molecule has 4 nitrogen and oxygen atoms in total. The molecule has 2 rings (SSSR count). The van der Waals surface area contributed by atoms with Gasteiger partial charge < -0.3 is 10.6 Å². The third kappa shape index (κ3) is 4.44. The number of likely N-dealkylation sites (tertiary alicyclic amines) is 1. The highest BCUT2D eigenvalue weighted by molar-refractivity contribution is 7.99. The van der Waals surface area contributed by atoms with Crippen LogP contribution in [0.15, 0.2) is 0 Å². The summed E-state index contributed by atoms with van der Waals surface area (Å²) in [5, 5.41) is 6.48. The van der Waals surface area contributed by atoms with E-state index < -0.39 is 0 Å². The zero-order chi connectivity index (χ0) is 12.8. The summed E-state index contributed by atoms with van der Waals surface area (Å²) in [6, 6.07) is 0.844. The molecule has 2 heterocycles. The molecule has 0 radical (unpaired) electrons. The van der Waals surface area contributed by atoms with Gasteiger partial charge in [0.1, 0.15) is 0 Å². The maximum Gasteiger partial charge on any atom is 0.221 e. The predicted molar refractivity (Wildman–Crippen MR) is 77.0 cm³/mol. The standard InChI is InChI=1S/C13H25N3OS/c1-11(16-5-2-3-6-16)9-15-13(17)8-12-10-18-7-4-14-12/h11-12,14H,2-10H2,1H3,(H,15,17). The third-order valence-electron chi connectivity index (χ3n) is 3.79. The first-order valence-electron chi connectivity index (χ1n) is 7.07. The summed E-state index contributed by atoms with van der Waals surface area (Å²) < 4.78 is 0. The Kier molecular flexibility index (Phi) is 5.79. The Morgan fingerprint density at radius 2 is 2.28 bits per heavy atom. The van der Waals surface area contributed by atoms with Crippen molar-refractivity contribution in [2.75, 3.05) is 37.7 Å². The van der Waals surface area contributed by atoms with Crippen molar-refractivity contribution in [2.24, 2.45) is 0 Å². The average molecular weight is 271 g/mol. The summed E-state index contributed by atoms with van der Waals surface area (Å²) >= 11 is 1.94. The van der Waals surface area contributed by atoms with Gasteiger partial charge in [0.2, 0.25) is 5.91 Å². The summed E-state index contributed by atoms with van der Waals surface area (Å²) in [5.74, 6) is 2.43. The molecule has 0 aliphatic carbocycles. The molecule has 2 aliphatic heterocycles. The van der Waals surface area contributed by atoms with Crippen molar-refractivity contribution in [3.63, 3.8) is 0 Å². The first-order valence-corrected chi connectivity index (χ1v) is 8.23. The molecule has 104 valence electrons. The minimum Gasteiger partial charge on any atom is -0.354 e. The largest absolute Gasteiger partial charge is 0.354 e. The van der Waals surface area contributed by atoms with E-state index in [9.17, 15) is 4.79 Å². The fourth-order valence-corrected chi connectivity index (χ4v) is 3.57. The number of rotatable bonds is 5. The molecule has 2 aliphatic rings. The first-order chi connectivity index (χ1) is 8.75. The molecule has 18 heavy (non-hydrogen) atoms. The van der Waals surface area contributed by atoms with E-state index in [0.29, 0.717) is 18.5 Å². The van der Waals surface area contributed by atoms with E-state index in [1.807, 2.05) is 11.8 Å². The molecule has 2 saturated heterocycles. The van der Waals surface area contributed by atoms with Crippen molar-refractivity contribution in [1.29, 1.82) is 0 Å². The van der Waals surface area contributed by atoms with E-state index in [1.54, 1.807) is 0 Å². The van der Waals surface area contributed by atoms with Crippen molar-refractivity contribution >= 4 is 17.7 Å². The number of carbonyl (C=O) groups is 1. The SMILES string of the molecule is CC(CNC(=O)CC1CSCCN1)N1CCCC1. The van der Waals surface area contributed by atoms with Gasteiger partial charge in [-0.25, -0.2) is 0 Å². The van der Waals surface area contributed by atoms with Gasteiger partial charge in [-0.1, -0.05) is 0 Å². The van der Waals surface area contributed by atoms with Crippen LogP contribution in [0.2, 0.25) is 0 Å². The van der Waals surface area contributed by atoms with Crippen LogP contribution >= 0.6 is 11.8 Å². The van der Waals surface area contributed by atoms with Crippen LogP contribution < -0.4 is 10.6 Å². The van der Waals surface area contributed by atoms with Gasteiger partial charge in [-0.15, -0.1) is 0 Å². The van der Waals surface area contributed by atoms with Crippen molar-refractivity contribution in [3.05, 3.63) is 0 Å². The summed E-state index contributed by atoms with van der Waals surface area (Å²) in [4.78, 5) is 14.3. The van der Waals surface area contributed by atoms with Crippen LogP contribution in [0, 0.1) is 0 Å². The van der Waals surface area contributed by atoms with Crippen LogP contribution in [-0.2, 0) is 4.79 Å². The highest BCUT2D eigenvalue weighted by atomic mass is 32.2. The van der Waals surface area contributed by atoms with Gasteiger partial charge in [0, 0.05) is 43.1 Å². The fourth-order valence-electron chi connectivity index (χ4n) is 2.62. The Morgan fingerprint density at radius 3 is 2.94 bits per heavy atom. The second-order valence-electron chi connectivity index (χ2n) is 5.33. The maximum atomic E-state index is 11.9. The number of hydrogen-bond donors (Lipinski definition) is 2. The highest BCUT2D eigenvalue weighted by Gasteiger charge is 2.20. The Balaban J connectivity index is 1.61.